The smallest absolute Gasteiger partial charge is 0.401 e. The van der Waals surface area contributed by atoms with Crippen molar-refractivity contribution < 1.29 is 23.3 Å². The van der Waals surface area contributed by atoms with E-state index in [1.54, 1.807) is 30.3 Å². The van der Waals surface area contributed by atoms with Gasteiger partial charge in [0, 0.05) is 0 Å². The van der Waals surface area contributed by atoms with Crippen LogP contribution in [-0.2, 0) is 4.79 Å². The van der Waals surface area contributed by atoms with Crippen LogP contribution in [0.1, 0.15) is 18.4 Å². The molecular formula is C13H14F2NO2+. The lowest BCUT2D eigenvalue weighted by Gasteiger charge is -2.21. The highest BCUT2D eigenvalue weighted by Gasteiger charge is 2.39. The monoisotopic (exact) mass is 254 g/mol. The van der Waals surface area contributed by atoms with E-state index in [4.69, 9.17) is 0 Å². The van der Waals surface area contributed by atoms with Gasteiger partial charge >= 0.3 is 5.97 Å². The van der Waals surface area contributed by atoms with Gasteiger partial charge in [-0.3, -0.25) is 0 Å². The van der Waals surface area contributed by atoms with Crippen LogP contribution in [0.5, 0.6) is 0 Å². The lowest BCUT2D eigenvalue weighted by atomic mass is 10.1. The van der Waals surface area contributed by atoms with Crippen LogP contribution in [0.15, 0.2) is 30.3 Å². The van der Waals surface area contributed by atoms with Crippen LogP contribution in [0, 0.1) is 0 Å². The van der Waals surface area contributed by atoms with Crippen molar-refractivity contribution in [3.8, 4) is 0 Å². The molecule has 0 spiro atoms. The number of aliphatic carboxylic acids is 1. The van der Waals surface area contributed by atoms with Crippen LogP contribution in [-0.4, -0.2) is 40.4 Å². The van der Waals surface area contributed by atoms with Crippen LogP contribution < -0.4 is 0 Å². The van der Waals surface area contributed by atoms with Crippen LogP contribution in [0.2, 0.25) is 0 Å². The fourth-order valence-corrected chi connectivity index (χ4v) is 2.09. The molecule has 1 heterocycles. The van der Waals surface area contributed by atoms with Crippen molar-refractivity contribution in [2.45, 2.75) is 18.8 Å². The summed E-state index contributed by atoms with van der Waals surface area (Å²) in [4.78, 5) is 11.3. The minimum atomic E-state index is -2.67. The molecule has 1 aromatic carbocycles. The van der Waals surface area contributed by atoms with Gasteiger partial charge < -0.3 is 5.11 Å². The van der Waals surface area contributed by atoms with Crippen molar-refractivity contribution in [1.82, 2.24) is 0 Å². The summed E-state index contributed by atoms with van der Waals surface area (Å²) in [6.45, 7) is 0.146. The zero-order valence-corrected chi connectivity index (χ0v) is 9.77. The van der Waals surface area contributed by atoms with Crippen molar-refractivity contribution in [2.75, 3.05) is 13.1 Å². The first-order valence-corrected chi connectivity index (χ1v) is 5.78. The third-order valence-electron chi connectivity index (χ3n) is 3.06. The van der Waals surface area contributed by atoms with E-state index in [0.717, 1.165) is 0 Å². The summed E-state index contributed by atoms with van der Waals surface area (Å²) in [5.41, 5.74) is 0.654. The van der Waals surface area contributed by atoms with Crippen LogP contribution in [0.25, 0.3) is 0 Å². The van der Waals surface area contributed by atoms with Crippen molar-refractivity contribution in [3.63, 3.8) is 0 Å². The van der Waals surface area contributed by atoms with Gasteiger partial charge in [-0.05, 0) is 12.1 Å². The summed E-state index contributed by atoms with van der Waals surface area (Å²) in [6.07, 6.45) is -0.590. The predicted molar refractivity (Wildman–Crippen MR) is 62.4 cm³/mol. The zero-order chi connectivity index (χ0) is 13.2. The van der Waals surface area contributed by atoms with E-state index in [2.05, 4.69) is 0 Å². The number of piperidine rings is 1. The predicted octanol–water partition coefficient (Wildman–Crippen LogP) is 2.00. The molecule has 0 radical (unpaired) electrons. The van der Waals surface area contributed by atoms with Gasteiger partial charge in [-0.2, -0.15) is 0 Å². The number of carbonyl (C=O) groups is 1. The summed E-state index contributed by atoms with van der Waals surface area (Å²) in [5.74, 6) is -3.75. The van der Waals surface area contributed by atoms with Crippen molar-refractivity contribution in [3.05, 3.63) is 35.9 Å². The lowest BCUT2D eigenvalue weighted by Crippen LogP contribution is -2.39. The van der Waals surface area contributed by atoms with Gasteiger partial charge in [-0.15, -0.1) is 0 Å². The second-order valence-electron chi connectivity index (χ2n) is 4.36. The molecule has 0 atom stereocenters. The highest BCUT2D eigenvalue weighted by atomic mass is 19.3. The molecule has 0 aromatic heterocycles. The SMILES string of the molecule is O=C(O)C(c1ccccc1)=[N+]1CCC(F)(F)CC1. The first-order chi connectivity index (χ1) is 8.49. The number of hydrogen-bond donors (Lipinski definition) is 1. The fourth-order valence-electron chi connectivity index (χ4n) is 2.09. The maximum absolute atomic E-state index is 13.1. The molecule has 1 saturated heterocycles. The molecule has 3 nitrogen and oxygen atoms in total. The van der Waals surface area contributed by atoms with Gasteiger partial charge in [0.15, 0.2) is 0 Å². The summed E-state index contributed by atoms with van der Waals surface area (Å²) in [5, 5.41) is 9.24. The van der Waals surface area contributed by atoms with E-state index in [1.165, 1.54) is 4.58 Å². The quantitative estimate of drug-likeness (QED) is 0.820. The van der Waals surface area contributed by atoms with Crippen molar-refractivity contribution in [2.24, 2.45) is 0 Å². The Bertz CT molecular complexity index is 471. The largest absolute Gasteiger partial charge is 0.473 e. The Hall–Kier alpha value is -1.78. The molecule has 2 rings (SSSR count). The number of alkyl halides is 2. The average Bonchev–Trinajstić information content (AvgIpc) is 2.33. The van der Waals surface area contributed by atoms with E-state index in [0.29, 0.717) is 5.56 Å². The Morgan fingerprint density at radius 1 is 1.17 bits per heavy atom. The Morgan fingerprint density at radius 2 is 1.72 bits per heavy atom. The molecule has 0 saturated carbocycles. The standard InChI is InChI=1S/C13H13F2NO2/c14-13(15)6-8-16(9-7-13)11(12(17)18)10-4-2-1-3-5-10/h1-5H,6-9H2/p+1. The molecule has 1 aliphatic rings. The van der Waals surface area contributed by atoms with Gasteiger partial charge in [-0.25, -0.2) is 18.2 Å². The normalized spacial score (nSPS) is 18.4. The number of rotatable bonds is 2. The average molecular weight is 254 g/mol. The summed E-state index contributed by atoms with van der Waals surface area (Å²) >= 11 is 0. The minimum Gasteiger partial charge on any atom is -0.473 e. The number of benzene rings is 1. The van der Waals surface area contributed by atoms with Crippen molar-refractivity contribution in [1.29, 1.82) is 0 Å². The summed E-state index contributed by atoms with van der Waals surface area (Å²) < 4.78 is 27.6. The van der Waals surface area contributed by atoms with Gasteiger partial charge in [0.25, 0.3) is 11.6 Å². The second kappa shape index (κ2) is 4.84. The molecule has 1 aliphatic heterocycles. The van der Waals surface area contributed by atoms with Crippen LogP contribution >= 0.6 is 0 Å². The van der Waals surface area contributed by atoms with Crippen LogP contribution in [0.3, 0.4) is 0 Å². The summed E-state index contributed by atoms with van der Waals surface area (Å²) in [6, 6.07) is 8.60. The molecule has 0 aliphatic carbocycles. The zero-order valence-electron chi connectivity index (χ0n) is 9.77. The van der Waals surface area contributed by atoms with E-state index < -0.39 is 11.9 Å². The van der Waals surface area contributed by atoms with E-state index in [9.17, 15) is 18.7 Å². The third kappa shape index (κ3) is 2.72. The molecule has 5 heteroatoms. The summed E-state index contributed by atoms with van der Waals surface area (Å²) in [7, 11) is 0. The maximum atomic E-state index is 13.1. The number of hydrogen-bond acceptors (Lipinski definition) is 1. The Kier molecular flexibility index (Phi) is 3.41. The van der Waals surface area contributed by atoms with Gasteiger partial charge in [-0.1, -0.05) is 18.2 Å². The van der Waals surface area contributed by atoms with Gasteiger partial charge in [0.2, 0.25) is 0 Å². The first kappa shape index (κ1) is 12.7. The minimum absolute atomic E-state index is 0.0729. The molecule has 1 fully saturated rings. The molecular weight excluding hydrogens is 240 g/mol. The number of nitrogens with zero attached hydrogens (tertiary/aromatic N) is 1. The number of carboxylic acids is 1. The Labute approximate surface area is 103 Å². The highest BCUT2D eigenvalue weighted by molar-refractivity contribution is 6.40. The third-order valence-corrected chi connectivity index (χ3v) is 3.06. The fraction of sp³-hybridized carbons (Fsp3) is 0.385. The van der Waals surface area contributed by atoms with Crippen molar-refractivity contribution >= 4 is 11.7 Å². The molecule has 1 N–H and O–H groups in total. The van der Waals surface area contributed by atoms with Gasteiger partial charge in [0.05, 0.1) is 18.4 Å². The molecule has 0 amide bonds. The highest BCUT2D eigenvalue weighted by Crippen LogP contribution is 2.26. The molecule has 0 unspecified atom stereocenters. The molecule has 96 valence electrons. The molecule has 1 aromatic rings. The topological polar surface area (TPSA) is 40.3 Å². The number of carboxylic acid groups (broad SMARTS) is 1. The van der Waals surface area contributed by atoms with Gasteiger partial charge in [0.1, 0.15) is 13.1 Å². The van der Waals surface area contributed by atoms with E-state index in [-0.39, 0.29) is 31.6 Å². The lowest BCUT2D eigenvalue weighted by molar-refractivity contribution is -0.547. The molecule has 18 heavy (non-hydrogen) atoms. The Morgan fingerprint density at radius 3 is 2.22 bits per heavy atom. The maximum Gasteiger partial charge on any atom is 0.401 e. The van der Waals surface area contributed by atoms with E-state index >= 15 is 0 Å². The number of halogens is 2. The van der Waals surface area contributed by atoms with Crippen LogP contribution in [0.4, 0.5) is 8.78 Å². The first-order valence-electron chi connectivity index (χ1n) is 5.78. The second-order valence-corrected chi connectivity index (χ2v) is 4.36. The molecule has 0 bridgehead atoms. The Balaban J connectivity index is 2.35. The van der Waals surface area contributed by atoms with E-state index in [1.807, 2.05) is 0 Å².